The summed E-state index contributed by atoms with van der Waals surface area (Å²) in [5.41, 5.74) is 2.72. The van der Waals surface area contributed by atoms with Gasteiger partial charge in [0, 0.05) is 10.9 Å². The number of hydrogen-bond donors (Lipinski definition) is 2. The van der Waals surface area contributed by atoms with Gasteiger partial charge in [-0.05, 0) is 47.5 Å². The van der Waals surface area contributed by atoms with Gasteiger partial charge in [0.15, 0.2) is 0 Å². The number of para-hydroxylation sites is 1. The number of rotatable bonds is 6. The van der Waals surface area contributed by atoms with E-state index in [-0.39, 0.29) is 18.4 Å². The van der Waals surface area contributed by atoms with Gasteiger partial charge in [0.1, 0.15) is 22.0 Å². The number of carbonyl (C=O) groups is 1. The van der Waals surface area contributed by atoms with E-state index in [2.05, 4.69) is 38.0 Å². The second kappa shape index (κ2) is 8.28. The van der Waals surface area contributed by atoms with Crippen LogP contribution in [0, 0.1) is 11.8 Å². The highest BCUT2D eigenvalue weighted by Gasteiger charge is 2.16. The standard InChI is InChI=1S/C21H19BrN2O3/c1-3-5-15(12-19(25)26)14-8-10-16(11-9-14)27-13(2)17-6-4-7-18-20(17)23-24-21(18)22/h4,6-11,13,15H,12H2,1-2H3,(H,23,24)(H,25,26). The van der Waals surface area contributed by atoms with Gasteiger partial charge >= 0.3 is 5.97 Å². The number of hydrogen-bond acceptors (Lipinski definition) is 3. The SMILES string of the molecule is CC#CC(CC(=O)O)c1ccc(OC(C)c2cccc3c(Br)[nH]nc23)cc1. The molecule has 5 nitrogen and oxygen atoms in total. The highest BCUT2D eigenvalue weighted by molar-refractivity contribution is 9.10. The van der Waals surface area contributed by atoms with Crippen molar-refractivity contribution in [2.75, 3.05) is 0 Å². The number of aromatic nitrogens is 2. The summed E-state index contributed by atoms with van der Waals surface area (Å²) in [4.78, 5) is 11.0. The number of benzene rings is 2. The Bertz CT molecular complexity index is 1020. The van der Waals surface area contributed by atoms with Crippen LogP contribution in [0.25, 0.3) is 10.9 Å². The lowest BCUT2D eigenvalue weighted by atomic mass is 9.96. The van der Waals surface area contributed by atoms with E-state index in [1.165, 1.54) is 0 Å². The topological polar surface area (TPSA) is 75.2 Å². The Hall–Kier alpha value is -2.78. The zero-order valence-corrected chi connectivity index (χ0v) is 16.6. The van der Waals surface area contributed by atoms with Gasteiger partial charge in [-0.15, -0.1) is 5.92 Å². The summed E-state index contributed by atoms with van der Waals surface area (Å²) in [6.45, 7) is 3.68. The molecule has 2 aromatic carbocycles. The fraction of sp³-hybridized carbons (Fsp3) is 0.238. The zero-order chi connectivity index (χ0) is 19.4. The summed E-state index contributed by atoms with van der Waals surface area (Å²) in [6, 6.07) is 13.4. The van der Waals surface area contributed by atoms with Crippen LogP contribution in [0.4, 0.5) is 0 Å². The lowest BCUT2D eigenvalue weighted by molar-refractivity contribution is -0.137. The molecule has 3 aromatic rings. The molecule has 6 heteroatoms. The zero-order valence-electron chi connectivity index (χ0n) is 15.0. The number of halogens is 1. The highest BCUT2D eigenvalue weighted by atomic mass is 79.9. The molecule has 0 aliphatic heterocycles. The minimum absolute atomic E-state index is 0.0204. The molecule has 0 radical (unpaired) electrons. The molecule has 0 saturated heterocycles. The molecular formula is C21H19BrN2O3. The summed E-state index contributed by atoms with van der Waals surface area (Å²) in [7, 11) is 0. The van der Waals surface area contributed by atoms with Gasteiger partial charge < -0.3 is 9.84 Å². The Morgan fingerprint density at radius 2 is 2.04 bits per heavy atom. The van der Waals surface area contributed by atoms with E-state index in [9.17, 15) is 4.79 Å². The first-order valence-electron chi connectivity index (χ1n) is 8.52. The lowest BCUT2D eigenvalue weighted by Gasteiger charge is -2.16. The van der Waals surface area contributed by atoms with E-state index in [1.54, 1.807) is 6.92 Å². The fourth-order valence-electron chi connectivity index (χ4n) is 3.00. The summed E-state index contributed by atoms with van der Waals surface area (Å²) in [6.07, 6.45) is -0.215. The molecule has 0 aliphatic carbocycles. The summed E-state index contributed by atoms with van der Waals surface area (Å²) >= 11 is 3.46. The van der Waals surface area contributed by atoms with Crippen LogP contribution in [0.2, 0.25) is 0 Å². The molecule has 27 heavy (non-hydrogen) atoms. The molecule has 2 unspecified atom stereocenters. The number of aromatic amines is 1. The maximum Gasteiger partial charge on any atom is 0.304 e. The van der Waals surface area contributed by atoms with Crippen molar-refractivity contribution in [1.82, 2.24) is 10.2 Å². The van der Waals surface area contributed by atoms with Crippen molar-refractivity contribution in [2.24, 2.45) is 0 Å². The number of carboxylic acid groups (broad SMARTS) is 1. The molecule has 0 spiro atoms. The largest absolute Gasteiger partial charge is 0.486 e. The van der Waals surface area contributed by atoms with Crippen LogP contribution < -0.4 is 4.74 Å². The predicted molar refractivity (Wildman–Crippen MR) is 108 cm³/mol. The average molecular weight is 427 g/mol. The fourth-order valence-corrected chi connectivity index (χ4v) is 3.41. The summed E-state index contributed by atoms with van der Waals surface area (Å²) in [5.74, 6) is 5.27. The van der Waals surface area contributed by atoms with Gasteiger partial charge in [-0.1, -0.05) is 36.3 Å². The Morgan fingerprint density at radius 1 is 1.30 bits per heavy atom. The first kappa shape index (κ1) is 19.0. The second-order valence-corrected chi connectivity index (χ2v) is 6.95. The molecule has 2 N–H and O–H groups in total. The molecule has 138 valence electrons. The second-order valence-electron chi connectivity index (χ2n) is 6.15. The third-order valence-electron chi connectivity index (χ3n) is 4.30. The van der Waals surface area contributed by atoms with Crippen molar-refractivity contribution in [1.29, 1.82) is 0 Å². The number of carboxylic acids is 1. The van der Waals surface area contributed by atoms with Crippen molar-refractivity contribution in [3.63, 3.8) is 0 Å². The van der Waals surface area contributed by atoms with Crippen LogP contribution in [0.5, 0.6) is 5.75 Å². The molecule has 0 saturated carbocycles. The molecule has 0 fully saturated rings. The van der Waals surface area contributed by atoms with Crippen LogP contribution in [0.1, 0.15) is 43.4 Å². The first-order chi connectivity index (χ1) is 13.0. The van der Waals surface area contributed by atoms with Crippen LogP contribution in [-0.2, 0) is 4.79 Å². The molecule has 1 aromatic heterocycles. The van der Waals surface area contributed by atoms with E-state index in [4.69, 9.17) is 9.84 Å². The minimum Gasteiger partial charge on any atom is -0.486 e. The Labute approximate surface area is 165 Å². The summed E-state index contributed by atoms with van der Waals surface area (Å²) in [5, 5.41) is 17.3. The van der Waals surface area contributed by atoms with Gasteiger partial charge in [0.25, 0.3) is 0 Å². The quantitative estimate of drug-likeness (QED) is 0.540. The Kier molecular flexibility index (Phi) is 5.82. The normalized spacial score (nSPS) is 12.9. The molecule has 0 bridgehead atoms. The highest BCUT2D eigenvalue weighted by Crippen LogP contribution is 2.30. The van der Waals surface area contributed by atoms with E-state index >= 15 is 0 Å². The number of H-pyrrole nitrogens is 1. The van der Waals surface area contributed by atoms with Gasteiger partial charge in [0.05, 0.1) is 12.3 Å². The smallest absolute Gasteiger partial charge is 0.304 e. The van der Waals surface area contributed by atoms with Crippen molar-refractivity contribution >= 4 is 32.8 Å². The molecular weight excluding hydrogens is 408 g/mol. The summed E-state index contributed by atoms with van der Waals surface area (Å²) < 4.78 is 6.92. The van der Waals surface area contributed by atoms with Crippen molar-refractivity contribution in [3.8, 4) is 17.6 Å². The number of nitrogens with zero attached hydrogens (tertiary/aromatic N) is 1. The van der Waals surface area contributed by atoms with Gasteiger partial charge in [-0.25, -0.2) is 0 Å². The molecule has 0 amide bonds. The number of aliphatic carboxylic acids is 1. The first-order valence-corrected chi connectivity index (χ1v) is 9.32. The third-order valence-corrected chi connectivity index (χ3v) is 4.90. The van der Waals surface area contributed by atoms with Gasteiger partial charge in [-0.3, -0.25) is 9.89 Å². The average Bonchev–Trinajstić information content (AvgIpc) is 3.03. The van der Waals surface area contributed by atoms with Crippen molar-refractivity contribution < 1.29 is 14.6 Å². The number of ether oxygens (including phenoxy) is 1. The van der Waals surface area contributed by atoms with Crippen molar-refractivity contribution in [2.45, 2.75) is 32.3 Å². The molecule has 0 aliphatic rings. The van der Waals surface area contributed by atoms with E-state index < -0.39 is 5.97 Å². The Morgan fingerprint density at radius 3 is 2.70 bits per heavy atom. The van der Waals surface area contributed by atoms with Gasteiger partial charge in [-0.2, -0.15) is 5.10 Å². The molecule has 2 atom stereocenters. The lowest BCUT2D eigenvalue weighted by Crippen LogP contribution is -2.06. The number of nitrogens with one attached hydrogen (secondary N) is 1. The molecule has 3 rings (SSSR count). The maximum absolute atomic E-state index is 11.0. The Balaban J connectivity index is 1.79. The predicted octanol–water partition coefficient (Wildman–Crippen LogP) is 5.05. The van der Waals surface area contributed by atoms with Crippen LogP contribution in [0.15, 0.2) is 47.1 Å². The van der Waals surface area contributed by atoms with Crippen molar-refractivity contribution in [3.05, 3.63) is 58.2 Å². The van der Waals surface area contributed by atoms with Crippen LogP contribution in [-0.4, -0.2) is 21.3 Å². The van der Waals surface area contributed by atoms with E-state index in [1.807, 2.05) is 49.4 Å². The third kappa shape index (κ3) is 4.32. The van der Waals surface area contributed by atoms with Gasteiger partial charge in [0.2, 0.25) is 0 Å². The minimum atomic E-state index is -0.866. The monoisotopic (exact) mass is 426 g/mol. The number of fused-ring (bicyclic) bond motifs is 1. The van der Waals surface area contributed by atoms with Crippen LogP contribution >= 0.6 is 15.9 Å². The van der Waals surface area contributed by atoms with E-state index in [0.29, 0.717) is 5.75 Å². The van der Waals surface area contributed by atoms with E-state index in [0.717, 1.165) is 26.6 Å². The molecule has 1 heterocycles. The van der Waals surface area contributed by atoms with Crippen LogP contribution in [0.3, 0.4) is 0 Å². The maximum atomic E-state index is 11.0.